The monoisotopic (exact) mass is 300 g/mol. The smallest absolute Gasteiger partial charge is 0.258 e. The van der Waals surface area contributed by atoms with Crippen LogP contribution in [0, 0.1) is 0 Å². The zero-order valence-corrected chi connectivity index (χ0v) is 12.3. The minimum Gasteiger partial charge on any atom is -0.313 e. The van der Waals surface area contributed by atoms with Gasteiger partial charge in [0.1, 0.15) is 0 Å². The van der Waals surface area contributed by atoms with Crippen molar-refractivity contribution in [2.45, 2.75) is 30.4 Å². The number of benzene rings is 1. The molecule has 0 saturated carbocycles. The van der Waals surface area contributed by atoms with Gasteiger partial charge in [0.25, 0.3) is 5.56 Å². The molecule has 0 bridgehead atoms. The lowest BCUT2D eigenvalue weighted by atomic mass is 10.2. The highest BCUT2D eigenvalue weighted by atomic mass is 35.5. The van der Waals surface area contributed by atoms with E-state index in [1.165, 1.54) is 18.5 Å². The average Bonchev–Trinajstić information content (AvgIpc) is 2.26. The first-order valence-electron chi connectivity index (χ1n) is 5.56. The molecular formula is C12H13ClN2O3S. The van der Waals surface area contributed by atoms with Crippen LogP contribution in [0.15, 0.2) is 28.2 Å². The maximum absolute atomic E-state index is 12.4. The maximum atomic E-state index is 12.4. The summed E-state index contributed by atoms with van der Waals surface area (Å²) in [5.41, 5.74) is -0.0337. The van der Waals surface area contributed by atoms with Crippen molar-refractivity contribution in [2.75, 3.05) is 0 Å². The third kappa shape index (κ3) is 2.26. The fourth-order valence-electron chi connectivity index (χ4n) is 1.61. The van der Waals surface area contributed by atoms with Crippen LogP contribution in [0.2, 0.25) is 5.02 Å². The third-order valence-corrected chi connectivity index (χ3v) is 5.74. The molecule has 2 rings (SSSR count). The number of nitrogens with zero attached hydrogens (tertiary/aromatic N) is 1. The van der Waals surface area contributed by atoms with E-state index in [1.54, 1.807) is 20.8 Å². The van der Waals surface area contributed by atoms with Crippen molar-refractivity contribution >= 4 is 32.3 Å². The number of nitrogens with one attached hydrogen (secondary N) is 1. The van der Waals surface area contributed by atoms with Crippen LogP contribution in [0.4, 0.5) is 0 Å². The summed E-state index contributed by atoms with van der Waals surface area (Å²) in [4.78, 5) is 18.0. The molecule has 0 aliphatic carbocycles. The predicted octanol–water partition coefficient (Wildman–Crippen LogP) is 2.15. The Kier molecular flexibility index (Phi) is 3.18. The van der Waals surface area contributed by atoms with Crippen molar-refractivity contribution in [3.05, 3.63) is 33.8 Å². The molecule has 0 unspecified atom stereocenters. The van der Waals surface area contributed by atoms with Gasteiger partial charge in [0, 0.05) is 0 Å². The first-order chi connectivity index (χ1) is 8.64. The van der Waals surface area contributed by atoms with Gasteiger partial charge in [0.2, 0.25) is 0 Å². The van der Waals surface area contributed by atoms with Crippen molar-refractivity contribution < 1.29 is 8.42 Å². The van der Waals surface area contributed by atoms with Crippen LogP contribution in [0.1, 0.15) is 20.8 Å². The maximum Gasteiger partial charge on any atom is 0.258 e. The van der Waals surface area contributed by atoms with Crippen molar-refractivity contribution in [1.29, 1.82) is 0 Å². The molecule has 7 heteroatoms. The van der Waals surface area contributed by atoms with E-state index in [0.717, 1.165) is 0 Å². The Morgan fingerprint density at radius 2 is 1.89 bits per heavy atom. The second kappa shape index (κ2) is 4.31. The van der Waals surface area contributed by atoms with Gasteiger partial charge in [-0.2, -0.15) is 0 Å². The Balaban J connectivity index is 2.87. The van der Waals surface area contributed by atoms with Crippen LogP contribution in [-0.4, -0.2) is 23.1 Å². The topological polar surface area (TPSA) is 79.9 Å². The van der Waals surface area contributed by atoms with Crippen molar-refractivity contribution in [2.24, 2.45) is 0 Å². The SMILES string of the molecule is CC(C)(C)S(=O)(=O)c1cc2c(=O)[nH]cnc2cc1Cl. The summed E-state index contributed by atoms with van der Waals surface area (Å²) in [6.45, 7) is 4.74. The van der Waals surface area contributed by atoms with E-state index in [0.29, 0.717) is 5.52 Å². The highest BCUT2D eigenvalue weighted by Gasteiger charge is 2.33. The Hall–Kier alpha value is -1.40. The van der Waals surface area contributed by atoms with E-state index < -0.39 is 20.1 Å². The molecule has 0 atom stereocenters. The molecule has 0 aliphatic heterocycles. The fraction of sp³-hybridized carbons (Fsp3) is 0.333. The van der Waals surface area contributed by atoms with Crippen molar-refractivity contribution in [1.82, 2.24) is 9.97 Å². The lowest BCUT2D eigenvalue weighted by Crippen LogP contribution is -2.28. The van der Waals surface area contributed by atoms with Crippen LogP contribution in [-0.2, 0) is 9.84 Å². The zero-order valence-electron chi connectivity index (χ0n) is 10.7. The number of H-pyrrole nitrogens is 1. The molecule has 5 nitrogen and oxygen atoms in total. The summed E-state index contributed by atoms with van der Waals surface area (Å²) in [6, 6.07) is 2.68. The number of hydrogen-bond donors (Lipinski definition) is 1. The van der Waals surface area contributed by atoms with E-state index >= 15 is 0 Å². The second-order valence-corrected chi connectivity index (χ2v) is 8.23. The first-order valence-corrected chi connectivity index (χ1v) is 7.42. The second-order valence-electron chi connectivity index (χ2n) is 5.15. The molecule has 1 N–H and O–H groups in total. The Bertz CT molecular complexity index is 804. The number of hydrogen-bond acceptors (Lipinski definition) is 4. The van der Waals surface area contributed by atoms with Gasteiger partial charge in [0.05, 0.1) is 31.9 Å². The lowest BCUT2D eigenvalue weighted by molar-refractivity contribution is 0.560. The number of aromatic amines is 1. The van der Waals surface area contributed by atoms with Crippen LogP contribution < -0.4 is 5.56 Å². The van der Waals surface area contributed by atoms with E-state index in [2.05, 4.69) is 9.97 Å². The summed E-state index contributed by atoms with van der Waals surface area (Å²) < 4.78 is 23.8. The van der Waals surface area contributed by atoms with E-state index in [9.17, 15) is 13.2 Å². The number of halogens is 1. The van der Waals surface area contributed by atoms with Crippen LogP contribution in [0.25, 0.3) is 10.9 Å². The van der Waals surface area contributed by atoms with E-state index in [4.69, 9.17) is 11.6 Å². The van der Waals surface area contributed by atoms with Crippen molar-refractivity contribution in [3.8, 4) is 0 Å². The van der Waals surface area contributed by atoms with Crippen LogP contribution >= 0.6 is 11.6 Å². The summed E-state index contributed by atoms with van der Waals surface area (Å²) in [6.07, 6.45) is 1.25. The number of sulfone groups is 1. The van der Waals surface area contributed by atoms with Gasteiger partial charge in [-0.25, -0.2) is 13.4 Å². The molecule has 0 saturated heterocycles. The summed E-state index contributed by atoms with van der Waals surface area (Å²) in [7, 11) is -3.63. The average molecular weight is 301 g/mol. The molecule has 1 aromatic carbocycles. The van der Waals surface area contributed by atoms with Gasteiger partial charge in [-0.1, -0.05) is 11.6 Å². The number of rotatable bonds is 1. The molecule has 0 fully saturated rings. The highest BCUT2D eigenvalue weighted by molar-refractivity contribution is 7.92. The standard InChI is InChI=1S/C12H13ClN2O3S/c1-12(2,3)19(17,18)10-4-7-9(5-8(10)13)14-6-15-11(7)16/h4-6H,1-3H3,(H,14,15,16). The number of fused-ring (bicyclic) bond motifs is 1. The molecule has 0 aliphatic rings. The molecule has 102 valence electrons. The van der Waals surface area contributed by atoms with Crippen LogP contribution in [0.5, 0.6) is 0 Å². The first kappa shape index (κ1) is 14.0. The van der Waals surface area contributed by atoms with Gasteiger partial charge in [-0.15, -0.1) is 0 Å². The molecule has 0 spiro atoms. The van der Waals surface area contributed by atoms with Gasteiger partial charge < -0.3 is 4.98 Å². The van der Waals surface area contributed by atoms with Gasteiger partial charge >= 0.3 is 0 Å². The summed E-state index contributed by atoms with van der Waals surface area (Å²) in [5, 5.41) is 0.273. The largest absolute Gasteiger partial charge is 0.313 e. The molecule has 0 radical (unpaired) electrons. The van der Waals surface area contributed by atoms with Gasteiger partial charge in [-0.05, 0) is 32.9 Å². The van der Waals surface area contributed by atoms with E-state index in [1.807, 2.05) is 0 Å². The molecule has 1 aromatic heterocycles. The fourth-order valence-corrected chi connectivity index (χ4v) is 3.32. The minimum atomic E-state index is -3.63. The quantitative estimate of drug-likeness (QED) is 0.875. The van der Waals surface area contributed by atoms with Crippen molar-refractivity contribution in [3.63, 3.8) is 0 Å². The summed E-state index contributed by atoms with van der Waals surface area (Å²) in [5.74, 6) is 0. The Morgan fingerprint density at radius 3 is 2.47 bits per heavy atom. The normalized spacial score (nSPS) is 12.8. The van der Waals surface area contributed by atoms with E-state index in [-0.39, 0.29) is 15.3 Å². The third-order valence-electron chi connectivity index (χ3n) is 2.79. The van der Waals surface area contributed by atoms with Gasteiger partial charge in [0.15, 0.2) is 9.84 Å². The summed E-state index contributed by atoms with van der Waals surface area (Å²) >= 11 is 6.01. The van der Waals surface area contributed by atoms with Crippen LogP contribution in [0.3, 0.4) is 0 Å². The Labute approximate surface area is 115 Å². The zero-order chi connectivity index (χ0) is 14.4. The predicted molar refractivity (Wildman–Crippen MR) is 74.3 cm³/mol. The number of aromatic nitrogens is 2. The molecule has 19 heavy (non-hydrogen) atoms. The molecular weight excluding hydrogens is 288 g/mol. The Morgan fingerprint density at radius 1 is 1.26 bits per heavy atom. The highest BCUT2D eigenvalue weighted by Crippen LogP contribution is 2.32. The minimum absolute atomic E-state index is 0.0485. The van der Waals surface area contributed by atoms with Gasteiger partial charge in [-0.3, -0.25) is 4.79 Å². The molecule has 2 aromatic rings. The molecule has 0 amide bonds. The molecule has 1 heterocycles. The lowest BCUT2D eigenvalue weighted by Gasteiger charge is -2.20.